The van der Waals surface area contributed by atoms with E-state index in [1.54, 1.807) is 0 Å². The second-order valence-corrected chi connectivity index (χ2v) is 4.63. The smallest absolute Gasteiger partial charge is 0.310 e. The molecule has 1 aromatic rings. The van der Waals surface area contributed by atoms with Crippen LogP contribution in [0.25, 0.3) is 0 Å². The Hall–Kier alpha value is -1.62. The molecule has 0 aliphatic carbocycles. The minimum absolute atomic E-state index is 0.0276. The van der Waals surface area contributed by atoms with Gasteiger partial charge in [-0.15, -0.1) is 0 Å². The molecule has 0 radical (unpaired) electrons. The minimum atomic E-state index is -1.02. The summed E-state index contributed by atoms with van der Waals surface area (Å²) >= 11 is 5.79. The fraction of sp³-hybridized carbons (Fsp3) is 0.364. The molecule has 2 N–H and O–H groups in total. The molecular formula is C11H13ClN2O3. The van der Waals surface area contributed by atoms with Gasteiger partial charge in [0, 0.05) is 18.9 Å². The van der Waals surface area contributed by atoms with Crippen LogP contribution in [0.3, 0.4) is 0 Å². The maximum Gasteiger partial charge on any atom is 0.310 e. The maximum absolute atomic E-state index is 11.7. The van der Waals surface area contributed by atoms with E-state index in [4.69, 9.17) is 16.7 Å². The number of carbonyl (C=O) groups is 2. The fourth-order valence-electron chi connectivity index (χ4n) is 1.03. The Balaban J connectivity index is 2.69. The highest BCUT2D eigenvalue weighted by atomic mass is 35.5. The number of carboxylic acids is 1. The Morgan fingerprint density at radius 1 is 1.53 bits per heavy atom. The van der Waals surface area contributed by atoms with E-state index in [1.165, 1.54) is 32.3 Å². The summed E-state index contributed by atoms with van der Waals surface area (Å²) in [6.45, 7) is 3.09. The average molecular weight is 257 g/mol. The number of rotatable bonds is 4. The standard InChI is InChI=1S/C11H13ClN2O3/c1-11(2,10(16)17)6-14-9(15)7-3-4-13-5-8(7)12/h3-5H,6H2,1-2H3,(H,14,15)(H,16,17). The summed E-state index contributed by atoms with van der Waals surface area (Å²) in [5, 5.41) is 11.7. The number of aliphatic carboxylic acids is 1. The predicted octanol–water partition coefficient (Wildman–Crippen LogP) is 1.58. The summed E-state index contributed by atoms with van der Waals surface area (Å²) in [5.41, 5.74) is -0.738. The predicted molar refractivity (Wildman–Crippen MR) is 63.0 cm³/mol. The van der Waals surface area contributed by atoms with Crippen LogP contribution >= 0.6 is 11.6 Å². The van der Waals surface area contributed by atoms with Crippen molar-refractivity contribution >= 4 is 23.5 Å². The quantitative estimate of drug-likeness (QED) is 0.857. The van der Waals surface area contributed by atoms with E-state index < -0.39 is 17.3 Å². The zero-order valence-corrected chi connectivity index (χ0v) is 10.3. The maximum atomic E-state index is 11.7. The molecule has 0 atom stereocenters. The first-order valence-electron chi connectivity index (χ1n) is 4.96. The van der Waals surface area contributed by atoms with Crippen molar-refractivity contribution in [2.24, 2.45) is 5.41 Å². The zero-order valence-electron chi connectivity index (χ0n) is 9.53. The molecule has 1 amide bonds. The summed E-state index contributed by atoms with van der Waals surface area (Å²) in [6, 6.07) is 1.48. The van der Waals surface area contributed by atoms with E-state index >= 15 is 0 Å². The molecule has 0 aromatic carbocycles. The highest BCUT2D eigenvalue weighted by molar-refractivity contribution is 6.33. The molecule has 5 nitrogen and oxygen atoms in total. The average Bonchev–Trinajstić information content (AvgIpc) is 2.26. The summed E-state index contributed by atoms with van der Waals surface area (Å²) in [5.74, 6) is -1.38. The van der Waals surface area contributed by atoms with E-state index in [1.807, 2.05) is 0 Å². The van der Waals surface area contributed by atoms with Crippen molar-refractivity contribution in [3.05, 3.63) is 29.0 Å². The van der Waals surface area contributed by atoms with Gasteiger partial charge in [-0.2, -0.15) is 0 Å². The molecule has 1 aromatic heterocycles. The number of hydrogen-bond acceptors (Lipinski definition) is 3. The second-order valence-electron chi connectivity index (χ2n) is 4.23. The van der Waals surface area contributed by atoms with Crippen molar-refractivity contribution in [2.75, 3.05) is 6.54 Å². The number of nitrogens with zero attached hydrogens (tertiary/aromatic N) is 1. The first-order chi connectivity index (χ1) is 7.84. The van der Waals surface area contributed by atoms with Gasteiger partial charge in [-0.25, -0.2) is 0 Å². The van der Waals surface area contributed by atoms with Gasteiger partial charge in [-0.05, 0) is 19.9 Å². The van der Waals surface area contributed by atoms with Crippen LogP contribution in [0.1, 0.15) is 24.2 Å². The van der Waals surface area contributed by atoms with Crippen molar-refractivity contribution in [2.45, 2.75) is 13.8 Å². The summed E-state index contributed by atoms with van der Waals surface area (Å²) in [7, 11) is 0. The van der Waals surface area contributed by atoms with Gasteiger partial charge in [0.05, 0.1) is 16.0 Å². The van der Waals surface area contributed by atoms with Crippen molar-refractivity contribution in [3.63, 3.8) is 0 Å². The molecule has 0 aliphatic rings. The minimum Gasteiger partial charge on any atom is -0.481 e. The number of carbonyl (C=O) groups excluding carboxylic acids is 1. The number of nitrogens with one attached hydrogen (secondary N) is 1. The molecule has 1 heterocycles. The first-order valence-corrected chi connectivity index (χ1v) is 5.33. The summed E-state index contributed by atoms with van der Waals surface area (Å²) in [4.78, 5) is 26.3. The fourth-order valence-corrected chi connectivity index (χ4v) is 1.24. The largest absolute Gasteiger partial charge is 0.481 e. The van der Waals surface area contributed by atoms with Crippen LogP contribution in [0.5, 0.6) is 0 Å². The Labute approximate surface area is 104 Å². The van der Waals surface area contributed by atoms with Gasteiger partial charge in [-0.3, -0.25) is 14.6 Å². The Kier molecular flexibility index (Phi) is 4.07. The van der Waals surface area contributed by atoms with Gasteiger partial charge in [0.25, 0.3) is 5.91 Å². The van der Waals surface area contributed by atoms with E-state index in [9.17, 15) is 9.59 Å². The highest BCUT2D eigenvalue weighted by Crippen LogP contribution is 2.16. The van der Waals surface area contributed by atoms with Crippen LogP contribution in [0.2, 0.25) is 5.02 Å². The molecule has 0 aliphatic heterocycles. The van der Waals surface area contributed by atoms with Gasteiger partial charge < -0.3 is 10.4 Å². The SMILES string of the molecule is CC(C)(CNC(=O)c1ccncc1Cl)C(=O)O. The van der Waals surface area contributed by atoms with Crippen molar-refractivity contribution in [1.82, 2.24) is 10.3 Å². The van der Waals surface area contributed by atoms with E-state index in [0.717, 1.165) is 0 Å². The third kappa shape index (κ3) is 3.42. The van der Waals surface area contributed by atoms with Crippen molar-refractivity contribution in [3.8, 4) is 0 Å². The van der Waals surface area contributed by atoms with Gasteiger partial charge in [0.15, 0.2) is 0 Å². The molecule has 0 unspecified atom stereocenters. The van der Waals surface area contributed by atoms with Crippen LogP contribution in [-0.2, 0) is 4.79 Å². The van der Waals surface area contributed by atoms with Gasteiger partial charge in [0.1, 0.15) is 0 Å². The molecule has 0 bridgehead atoms. The lowest BCUT2D eigenvalue weighted by Gasteiger charge is -2.19. The van der Waals surface area contributed by atoms with E-state index in [0.29, 0.717) is 0 Å². The number of pyridine rings is 1. The molecule has 1 rings (SSSR count). The Bertz CT molecular complexity index is 446. The van der Waals surface area contributed by atoms with Crippen LogP contribution in [-0.4, -0.2) is 28.5 Å². The molecule has 0 saturated carbocycles. The zero-order chi connectivity index (χ0) is 13.1. The van der Waals surface area contributed by atoms with Crippen molar-refractivity contribution in [1.29, 1.82) is 0 Å². The van der Waals surface area contributed by atoms with Crippen LogP contribution in [0.15, 0.2) is 18.5 Å². The van der Waals surface area contributed by atoms with Gasteiger partial charge >= 0.3 is 5.97 Å². The molecule has 0 saturated heterocycles. The molecule has 6 heteroatoms. The summed E-state index contributed by atoms with van der Waals surface area (Å²) < 4.78 is 0. The third-order valence-electron chi connectivity index (χ3n) is 2.29. The molecule has 0 spiro atoms. The molecule has 17 heavy (non-hydrogen) atoms. The van der Waals surface area contributed by atoms with Gasteiger partial charge in [0.2, 0.25) is 0 Å². The summed E-state index contributed by atoms with van der Waals surface area (Å²) in [6.07, 6.45) is 2.81. The van der Waals surface area contributed by atoms with Crippen molar-refractivity contribution < 1.29 is 14.7 Å². The lowest BCUT2D eigenvalue weighted by Crippen LogP contribution is -2.39. The van der Waals surface area contributed by atoms with Crippen LogP contribution in [0.4, 0.5) is 0 Å². The molecule has 92 valence electrons. The molecule has 0 fully saturated rings. The lowest BCUT2D eigenvalue weighted by molar-refractivity contribution is -0.146. The number of aromatic nitrogens is 1. The monoisotopic (exact) mass is 256 g/mol. The van der Waals surface area contributed by atoms with E-state index in [2.05, 4.69) is 10.3 Å². The Morgan fingerprint density at radius 3 is 2.71 bits per heavy atom. The van der Waals surface area contributed by atoms with Crippen LogP contribution in [0, 0.1) is 5.41 Å². The number of carboxylic acid groups (broad SMARTS) is 1. The third-order valence-corrected chi connectivity index (χ3v) is 2.59. The lowest BCUT2D eigenvalue weighted by atomic mass is 9.94. The van der Waals surface area contributed by atoms with E-state index in [-0.39, 0.29) is 17.1 Å². The highest BCUT2D eigenvalue weighted by Gasteiger charge is 2.27. The Morgan fingerprint density at radius 2 is 2.18 bits per heavy atom. The first kappa shape index (κ1) is 13.4. The topological polar surface area (TPSA) is 79.3 Å². The molecular weight excluding hydrogens is 244 g/mol. The number of hydrogen-bond donors (Lipinski definition) is 2. The van der Waals surface area contributed by atoms with Crippen LogP contribution < -0.4 is 5.32 Å². The number of halogens is 1. The van der Waals surface area contributed by atoms with Gasteiger partial charge in [-0.1, -0.05) is 11.6 Å². The normalized spacial score (nSPS) is 11.0. The second kappa shape index (κ2) is 5.14. The number of amides is 1.